The molecular weight excluding hydrogens is 330 g/mol. The lowest BCUT2D eigenvalue weighted by atomic mass is 9.84. The lowest BCUT2D eigenvalue weighted by molar-refractivity contribution is 0.121. The molecule has 0 spiro atoms. The van der Waals surface area contributed by atoms with E-state index in [1.165, 1.54) is 12.3 Å². The first kappa shape index (κ1) is 12.7. The Hall–Kier alpha value is -1.36. The van der Waals surface area contributed by atoms with Crippen molar-refractivity contribution in [2.24, 2.45) is 0 Å². The van der Waals surface area contributed by atoms with E-state index in [1.807, 2.05) is 6.07 Å². The van der Waals surface area contributed by atoms with Gasteiger partial charge < -0.3 is 9.84 Å². The van der Waals surface area contributed by atoms with Gasteiger partial charge >= 0.3 is 0 Å². The van der Waals surface area contributed by atoms with Gasteiger partial charge in [-0.05, 0) is 24.3 Å². The van der Waals surface area contributed by atoms with E-state index in [4.69, 9.17) is 16.3 Å². The summed E-state index contributed by atoms with van der Waals surface area (Å²) < 4.78 is 6.58. The largest absolute Gasteiger partial charge is 0.455 e. The molecule has 0 saturated carbocycles. The van der Waals surface area contributed by atoms with Gasteiger partial charge in [-0.1, -0.05) is 40.2 Å². The average molecular weight is 339 g/mol. The minimum absolute atomic E-state index is 0.293. The van der Waals surface area contributed by atoms with Gasteiger partial charge in [0, 0.05) is 15.6 Å². The molecule has 96 valence electrons. The molecule has 2 heterocycles. The molecule has 3 rings (SSSR count). The second-order valence-electron chi connectivity index (χ2n) is 4.22. The van der Waals surface area contributed by atoms with Gasteiger partial charge in [-0.15, -0.1) is 0 Å². The van der Waals surface area contributed by atoms with Gasteiger partial charge in [0.05, 0.1) is 6.20 Å². The molecule has 0 saturated heterocycles. The van der Waals surface area contributed by atoms with Crippen LogP contribution in [0.4, 0.5) is 0 Å². The van der Waals surface area contributed by atoms with E-state index in [1.54, 1.807) is 18.2 Å². The molecule has 0 amide bonds. The number of rotatable bonds is 1. The number of aliphatic hydroxyl groups is 1. The van der Waals surface area contributed by atoms with Crippen molar-refractivity contribution in [3.8, 4) is 11.5 Å². The Morgan fingerprint density at radius 1 is 1.32 bits per heavy atom. The summed E-state index contributed by atoms with van der Waals surface area (Å²) >= 11 is 9.28. The lowest BCUT2D eigenvalue weighted by Gasteiger charge is -2.33. The van der Waals surface area contributed by atoms with Gasteiger partial charge in [0.1, 0.15) is 16.5 Å². The summed E-state index contributed by atoms with van der Waals surface area (Å²) in [5.41, 5.74) is -0.195. The Balaban J connectivity index is 2.32. The number of ether oxygens (including phenoxy) is 1. The van der Waals surface area contributed by atoms with Crippen molar-refractivity contribution >= 4 is 27.5 Å². The molecule has 1 atom stereocenters. The fraction of sp³-hybridized carbons (Fsp3) is 0.0714. The van der Waals surface area contributed by atoms with Gasteiger partial charge in [-0.25, -0.2) is 4.98 Å². The summed E-state index contributed by atoms with van der Waals surface area (Å²) in [6, 6.07) is 7.01. The Labute approximate surface area is 123 Å². The number of benzene rings is 1. The zero-order chi connectivity index (χ0) is 13.6. The Morgan fingerprint density at radius 3 is 2.79 bits per heavy atom. The predicted octanol–water partition coefficient (Wildman–Crippen LogP) is 4.03. The van der Waals surface area contributed by atoms with Crippen LogP contribution in [0.25, 0.3) is 0 Å². The standard InChI is InChI=1S/C14H9BrClNO2/c1-2-14(18)9-5-8(15)3-4-11(9)19-12-7-17-13(16)6-10(12)14/h2-7,18H,1H2/t14-/m1/s1. The maximum atomic E-state index is 10.9. The molecule has 1 aromatic heterocycles. The SMILES string of the molecule is C=C[C@@]1(O)c2cc(Br)ccc2Oc2cnc(Cl)cc21. The Kier molecular flexibility index (Phi) is 2.89. The Bertz CT molecular complexity index is 636. The summed E-state index contributed by atoms with van der Waals surface area (Å²) in [5.74, 6) is 1.05. The molecule has 19 heavy (non-hydrogen) atoms. The molecule has 3 nitrogen and oxygen atoms in total. The number of hydrogen-bond acceptors (Lipinski definition) is 3. The first-order chi connectivity index (χ1) is 9.04. The zero-order valence-electron chi connectivity index (χ0n) is 9.73. The summed E-state index contributed by atoms with van der Waals surface area (Å²) in [5, 5.41) is 11.2. The normalized spacial score (nSPS) is 20.2. The molecule has 0 radical (unpaired) electrons. The lowest BCUT2D eigenvalue weighted by Crippen LogP contribution is -2.28. The number of pyridine rings is 1. The maximum Gasteiger partial charge on any atom is 0.152 e. The molecule has 0 aliphatic carbocycles. The third kappa shape index (κ3) is 1.87. The van der Waals surface area contributed by atoms with E-state index in [0.717, 1.165) is 4.47 Å². The first-order valence-corrected chi connectivity index (χ1v) is 6.71. The van der Waals surface area contributed by atoms with Gasteiger partial charge in [0.2, 0.25) is 0 Å². The van der Waals surface area contributed by atoms with E-state index < -0.39 is 5.60 Å². The van der Waals surface area contributed by atoms with Crippen LogP contribution in [-0.4, -0.2) is 10.1 Å². The molecule has 0 bridgehead atoms. The van der Waals surface area contributed by atoms with Crippen molar-refractivity contribution in [3.05, 3.63) is 63.9 Å². The van der Waals surface area contributed by atoms with Crippen molar-refractivity contribution in [2.75, 3.05) is 0 Å². The van der Waals surface area contributed by atoms with E-state index in [-0.39, 0.29) is 0 Å². The molecule has 1 aliphatic heterocycles. The molecule has 1 aliphatic rings. The quantitative estimate of drug-likeness (QED) is 0.630. The van der Waals surface area contributed by atoms with Crippen LogP contribution >= 0.6 is 27.5 Å². The molecule has 1 N–H and O–H groups in total. The van der Waals surface area contributed by atoms with Crippen molar-refractivity contribution in [3.63, 3.8) is 0 Å². The van der Waals surface area contributed by atoms with E-state index in [9.17, 15) is 5.11 Å². The monoisotopic (exact) mass is 337 g/mol. The number of nitrogens with zero attached hydrogens (tertiary/aromatic N) is 1. The number of fused-ring (bicyclic) bond motifs is 2. The van der Waals surface area contributed by atoms with Crippen LogP contribution in [0.1, 0.15) is 11.1 Å². The van der Waals surface area contributed by atoms with Crippen LogP contribution in [0.15, 0.2) is 47.6 Å². The van der Waals surface area contributed by atoms with Crippen molar-refractivity contribution < 1.29 is 9.84 Å². The van der Waals surface area contributed by atoms with Crippen molar-refractivity contribution in [1.29, 1.82) is 0 Å². The smallest absolute Gasteiger partial charge is 0.152 e. The zero-order valence-corrected chi connectivity index (χ0v) is 12.1. The van der Waals surface area contributed by atoms with Gasteiger partial charge in [-0.2, -0.15) is 0 Å². The van der Waals surface area contributed by atoms with Crippen molar-refractivity contribution in [2.45, 2.75) is 5.60 Å². The Morgan fingerprint density at radius 2 is 2.05 bits per heavy atom. The molecule has 1 aromatic carbocycles. The number of aromatic nitrogens is 1. The second kappa shape index (κ2) is 4.34. The van der Waals surface area contributed by atoms with Gasteiger partial charge in [0.15, 0.2) is 5.75 Å². The molecule has 0 unspecified atom stereocenters. The van der Waals surface area contributed by atoms with Crippen LogP contribution in [0.2, 0.25) is 5.15 Å². The molecule has 0 fully saturated rings. The summed E-state index contributed by atoms with van der Waals surface area (Å²) in [6.07, 6.45) is 2.97. The van der Waals surface area contributed by atoms with Crippen LogP contribution in [0, 0.1) is 0 Å². The van der Waals surface area contributed by atoms with Crippen LogP contribution < -0.4 is 4.74 Å². The third-order valence-corrected chi connectivity index (χ3v) is 3.81. The minimum atomic E-state index is -1.35. The highest BCUT2D eigenvalue weighted by Gasteiger charge is 2.38. The highest BCUT2D eigenvalue weighted by Crippen LogP contribution is 2.48. The number of halogens is 2. The van der Waals surface area contributed by atoms with E-state index >= 15 is 0 Å². The number of hydrogen-bond donors (Lipinski definition) is 1. The summed E-state index contributed by atoms with van der Waals surface area (Å²) in [6.45, 7) is 3.73. The highest BCUT2D eigenvalue weighted by molar-refractivity contribution is 9.10. The van der Waals surface area contributed by atoms with E-state index in [2.05, 4.69) is 27.5 Å². The van der Waals surface area contributed by atoms with Gasteiger partial charge in [0.25, 0.3) is 0 Å². The predicted molar refractivity (Wildman–Crippen MR) is 76.7 cm³/mol. The summed E-state index contributed by atoms with van der Waals surface area (Å²) in [4.78, 5) is 3.97. The fourth-order valence-corrected chi connectivity index (χ4v) is 2.69. The summed E-state index contributed by atoms with van der Waals surface area (Å²) in [7, 11) is 0. The topological polar surface area (TPSA) is 42.4 Å². The minimum Gasteiger partial charge on any atom is -0.455 e. The van der Waals surface area contributed by atoms with Crippen LogP contribution in [0.3, 0.4) is 0 Å². The second-order valence-corrected chi connectivity index (χ2v) is 5.52. The average Bonchev–Trinajstić information content (AvgIpc) is 2.41. The van der Waals surface area contributed by atoms with Crippen LogP contribution in [-0.2, 0) is 5.60 Å². The maximum absolute atomic E-state index is 10.9. The van der Waals surface area contributed by atoms with Crippen molar-refractivity contribution in [1.82, 2.24) is 4.98 Å². The molecule has 2 aromatic rings. The molecule has 5 heteroatoms. The van der Waals surface area contributed by atoms with Gasteiger partial charge in [-0.3, -0.25) is 0 Å². The van der Waals surface area contributed by atoms with E-state index in [0.29, 0.717) is 27.8 Å². The first-order valence-electron chi connectivity index (χ1n) is 5.54. The van der Waals surface area contributed by atoms with Crippen LogP contribution in [0.5, 0.6) is 11.5 Å². The highest BCUT2D eigenvalue weighted by atomic mass is 79.9. The fourth-order valence-electron chi connectivity index (χ4n) is 2.17. The third-order valence-electron chi connectivity index (χ3n) is 3.11. The molecular formula is C14H9BrClNO2.